The molecule has 7 nitrogen and oxygen atoms in total. The first-order chi connectivity index (χ1) is 13.7. The van der Waals surface area contributed by atoms with Crippen LogP contribution in [0, 0.1) is 0 Å². The molecule has 0 fully saturated rings. The third-order valence-corrected chi connectivity index (χ3v) is 3.82. The van der Waals surface area contributed by atoms with E-state index in [1.54, 1.807) is 44.7 Å². The van der Waals surface area contributed by atoms with Gasteiger partial charge in [-0.05, 0) is 36.4 Å². The van der Waals surface area contributed by atoms with Crippen LogP contribution in [0.3, 0.4) is 0 Å². The fourth-order valence-electron chi connectivity index (χ4n) is 2.47. The van der Waals surface area contributed by atoms with Crippen LogP contribution < -0.4 is 24.8 Å². The van der Waals surface area contributed by atoms with E-state index in [9.17, 15) is 4.79 Å². The van der Waals surface area contributed by atoms with Gasteiger partial charge in [-0.15, -0.1) is 0 Å². The van der Waals surface area contributed by atoms with Crippen LogP contribution in [0.1, 0.15) is 0 Å². The van der Waals surface area contributed by atoms with Gasteiger partial charge in [0.1, 0.15) is 11.6 Å². The minimum Gasteiger partial charge on any atom is -0.493 e. The molecule has 2 N–H and O–H groups in total. The van der Waals surface area contributed by atoms with Gasteiger partial charge in [0.25, 0.3) is 5.91 Å². The molecule has 0 atom stereocenters. The highest BCUT2D eigenvalue weighted by atomic mass is 16.5. The number of rotatable bonds is 8. The summed E-state index contributed by atoms with van der Waals surface area (Å²) in [6, 6.07) is 18.2. The fraction of sp³-hybridized carbons (Fsp3) is 0.143. The molecular weight excluding hydrogens is 358 g/mol. The predicted molar refractivity (Wildman–Crippen MR) is 108 cm³/mol. The Balaban J connectivity index is 1.55. The summed E-state index contributed by atoms with van der Waals surface area (Å²) < 4.78 is 15.9. The lowest BCUT2D eigenvalue weighted by Gasteiger charge is -2.11. The number of hydrogen-bond acceptors (Lipinski definition) is 6. The SMILES string of the molecule is COc1ccc(Nc2ccc(NC(=O)COc3ccccc3)cn2)cc1OC. The van der Waals surface area contributed by atoms with Gasteiger partial charge in [-0.2, -0.15) is 0 Å². The van der Waals surface area contributed by atoms with Crippen molar-refractivity contribution in [2.45, 2.75) is 0 Å². The smallest absolute Gasteiger partial charge is 0.262 e. The molecule has 2 aromatic carbocycles. The number of benzene rings is 2. The van der Waals surface area contributed by atoms with Gasteiger partial charge >= 0.3 is 0 Å². The highest BCUT2D eigenvalue weighted by molar-refractivity contribution is 5.91. The second-order valence-electron chi connectivity index (χ2n) is 5.78. The van der Waals surface area contributed by atoms with Gasteiger partial charge < -0.3 is 24.8 Å². The maximum Gasteiger partial charge on any atom is 0.262 e. The summed E-state index contributed by atoms with van der Waals surface area (Å²) in [7, 11) is 3.17. The quantitative estimate of drug-likeness (QED) is 0.619. The van der Waals surface area contributed by atoms with Gasteiger partial charge in [0.2, 0.25) is 0 Å². The van der Waals surface area contributed by atoms with E-state index >= 15 is 0 Å². The number of carbonyl (C=O) groups excluding carboxylic acids is 1. The Morgan fingerprint density at radius 3 is 2.36 bits per heavy atom. The molecule has 0 spiro atoms. The lowest BCUT2D eigenvalue weighted by Crippen LogP contribution is -2.20. The van der Waals surface area contributed by atoms with Crippen molar-refractivity contribution >= 4 is 23.1 Å². The van der Waals surface area contributed by atoms with E-state index in [0.29, 0.717) is 28.8 Å². The van der Waals surface area contributed by atoms with Crippen LogP contribution in [-0.2, 0) is 4.79 Å². The number of amides is 1. The summed E-state index contributed by atoms with van der Waals surface area (Å²) in [5.41, 5.74) is 1.39. The lowest BCUT2D eigenvalue weighted by atomic mass is 10.2. The van der Waals surface area contributed by atoms with E-state index in [1.165, 1.54) is 0 Å². The zero-order valence-electron chi connectivity index (χ0n) is 15.6. The van der Waals surface area contributed by atoms with Crippen LogP contribution in [0.4, 0.5) is 17.2 Å². The molecule has 0 saturated carbocycles. The van der Waals surface area contributed by atoms with Crippen LogP contribution in [-0.4, -0.2) is 31.7 Å². The topological polar surface area (TPSA) is 81.7 Å². The lowest BCUT2D eigenvalue weighted by molar-refractivity contribution is -0.118. The number of nitrogens with zero attached hydrogens (tertiary/aromatic N) is 1. The fourth-order valence-corrected chi connectivity index (χ4v) is 2.47. The first-order valence-electron chi connectivity index (χ1n) is 8.61. The summed E-state index contributed by atoms with van der Waals surface area (Å²) in [4.78, 5) is 16.3. The molecule has 0 aliphatic rings. The first-order valence-corrected chi connectivity index (χ1v) is 8.61. The van der Waals surface area contributed by atoms with Crippen molar-refractivity contribution in [1.29, 1.82) is 0 Å². The molecule has 3 rings (SSSR count). The van der Waals surface area contributed by atoms with Crippen molar-refractivity contribution in [3.8, 4) is 17.2 Å². The normalized spacial score (nSPS) is 10.1. The Labute approximate surface area is 163 Å². The minimum atomic E-state index is -0.258. The van der Waals surface area contributed by atoms with Gasteiger partial charge in [-0.1, -0.05) is 18.2 Å². The summed E-state index contributed by atoms with van der Waals surface area (Å²) >= 11 is 0. The number of hydrogen-bond donors (Lipinski definition) is 2. The number of pyridine rings is 1. The molecule has 0 unspecified atom stereocenters. The van der Waals surface area contributed by atoms with E-state index in [0.717, 1.165) is 5.69 Å². The molecule has 0 bridgehead atoms. The Morgan fingerprint density at radius 1 is 0.929 bits per heavy atom. The molecule has 3 aromatic rings. The standard InChI is InChI=1S/C21H21N3O4/c1-26-18-10-8-15(12-19(18)27-2)23-20-11-9-16(13-22-20)24-21(25)14-28-17-6-4-3-5-7-17/h3-13H,14H2,1-2H3,(H,22,23)(H,24,25). The molecular formula is C21H21N3O4. The number of aromatic nitrogens is 1. The average molecular weight is 379 g/mol. The highest BCUT2D eigenvalue weighted by Gasteiger charge is 2.07. The van der Waals surface area contributed by atoms with Crippen molar-refractivity contribution in [2.24, 2.45) is 0 Å². The molecule has 1 aromatic heterocycles. The second kappa shape index (κ2) is 9.27. The number of carbonyl (C=O) groups is 1. The Hall–Kier alpha value is -3.74. The van der Waals surface area contributed by atoms with E-state index in [2.05, 4.69) is 15.6 Å². The molecule has 28 heavy (non-hydrogen) atoms. The number of para-hydroxylation sites is 1. The molecule has 0 saturated heterocycles. The molecule has 1 amide bonds. The van der Waals surface area contributed by atoms with Crippen LogP contribution in [0.2, 0.25) is 0 Å². The van der Waals surface area contributed by atoms with Crippen molar-refractivity contribution in [3.63, 3.8) is 0 Å². The van der Waals surface area contributed by atoms with Gasteiger partial charge in [0.15, 0.2) is 18.1 Å². The highest BCUT2D eigenvalue weighted by Crippen LogP contribution is 2.30. The van der Waals surface area contributed by atoms with Gasteiger partial charge in [0.05, 0.1) is 26.1 Å². The van der Waals surface area contributed by atoms with Crippen LogP contribution in [0.5, 0.6) is 17.2 Å². The van der Waals surface area contributed by atoms with Crippen LogP contribution in [0.25, 0.3) is 0 Å². The first kappa shape index (κ1) is 19.0. The maximum absolute atomic E-state index is 12.0. The summed E-state index contributed by atoms with van der Waals surface area (Å²) in [5.74, 6) is 2.29. The number of methoxy groups -OCH3 is 2. The van der Waals surface area contributed by atoms with E-state index < -0.39 is 0 Å². The van der Waals surface area contributed by atoms with Crippen molar-refractivity contribution in [3.05, 3.63) is 66.9 Å². The molecule has 0 aliphatic carbocycles. The minimum absolute atomic E-state index is 0.0738. The van der Waals surface area contributed by atoms with Gasteiger partial charge in [-0.3, -0.25) is 4.79 Å². The predicted octanol–water partition coefficient (Wildman–Crippen LogP) is 3.86. The third-order valence-electron chi connectivity index (χ3n) is 3.82. The molecule has 144 valence electrons. The van der Waals surface area contributed by atoms with Gasteiger partial charge in [-0.25, -0.2) is 4.98 Å². The van der Waals surface area contributed by atoms with Crippen molar-refractivity contribution in [2.75, 3.05) is 31.5 Å². The van der Waals surface area contributed by atoms with Gasteiger partial charge in [0, 0.05) is 11.8 Å². The van der Waals surface area contributed by atoms with Crippen LogP contribution in [0.15, 0.2) is 66.9 Å². The zero-order chi connectivity index (χ0) is 19.8. The Morgan fingerprint density at radius 2 is 1.68 bits per heavy atom. The molecule has 0 radical (unpaired) electrons. The van der Waals surface area contributed by atoms with E-state index in [4.69, 9.17) is 14.2 Å². The molecule has 1 heterocycles. The third kappa shape index (κ3) is 5.14. The average Bonchev–Trinajstić information content (AvgIpc) is 2.74. The van der Waals surface area contributed by atoms with E-state index in [-0.39, 0.29) is 12.5 Å². The Bertz CT molecular complexity index is 915. The largest absolute Gasteiger partial charge is 0.493 e. The number of nitrogens with one attached hydrogen (secondary N) is 2. The van der Waals surface area contributed by atoms with Crippen LogP contribution >= 0.6 is 0 Å². The Kier molecular flexibility index (Phi) is 6.30. The monoisotopic (exact) mass is 379 g/mol. The molecule has 0 aliphatic heterocycles. The maximum atomic E-state index is 12.0. The van der Waals surface area contributed by atoms with Crippen molar-refractivity contribution < 1.29 is 19.0 Å². The zero-order valence-corrected chi connectivity index (χ0v) is 15.6. The van der Waals surface area contributed by atoms with E-state index in [1.807, 2.05) is 36.4 Å². The number of anilines is 3. The molecule has 7 heteroatoms. The second-order valence-corrected chi connectivity index (χ2v) is 5.78. The summed E-state index contributed by atoms with van der Waals surface area (Å²) in [5, 5.41) is 5.92. The summed E-state index contributed by atoms with van der Waals surface area (Å²) in [6.07, 6.45) is 1.57. The van der Waals surface area contributed by atoms with Crippen molar-refractivity contribution in [1.82, 2.24) is 4.98 Å². The number of ether oxygens (including phenoxy) is 3. The summed E-state index contributed by atoms with van der Waals surface area (Å²) in [6.45, 7) is -0.0738.